The fourth-order valence-electron chi connectivity index (χ4n) is 4.41. The van der Waals surface area contributed by atoms with Crippen LogP contribution in [0.3, 0.4) is 0 Å². The van der Waals surface area contributed by atoms with Crippen molar-refractivity contribution in [3.63, 3.8) is 0 Å². The number of hydrogen-bond acceptors (Lipinski definition) is 5. The summed E-state index contributed by atoms with van der Waals surface area (Å²) in [5.74, 6) is -1.90. The lowest BCUT2D eigenvalue weighted by atomic mass is 9.90. The molecule has 8 heteroatoms. The van der Waals surface area contributed by atoms with Crippen LogP contribution in [0.1, 0.15) is 42.6 Å². The number of nitrogens with one attached hydrogen (secondary N) is 1. The van der Waals surface area contributed by atoms with E-state index in [-0.39, 0.29) is 28.1 Å². The van der Waals surface area contributed by atoms with Gasteiger partial charge in [-0.1, -0.05) is 6.92 Å². The summed E-state index contributed by atoms with van der Waals surface area (Å²) in [5, 5.41) is 12.6. The van der Waals surface area contributed by atoms with Crippen molar-refractivity contribution in [1.29, 1.82) is 0 Å². The van der Waals surface area contributed by atoms with Crippen LogP contribution in [0.15, 0.2) is 17.1 Å². The average Bonchev–Trinajstić information content (AvgIpc) is 3.39. The fraction of sp³-hybridized carbons (Fsp3) is 0.500. The van der Waals surface area contributed by atoms with Gasteiger partial charge in [-0.25, -0.2) is 9.18 Å². The lowest BCUT2D eigenvalue weighted by Crippen LogP contribution is -2.33. The molecule has 2 aromatic rings. The SMILES string of the molecule is CNCC1(C)CCN(c2c(F)cc3c(=O)c(C(=O)O)cn(C4CC4)c3c2N)C1. The number of aromatic nitrogens is 1. The molecule has 0 bridgehead atoms. The number of benzene rings is 1. The highest BCUT2D eigenvalue weighted by Gasteiger charge is 2.36. The number of carbonyl (C=O) groups is 1. The summed E-state index contributed by atoms with van der Waals surface area (Å²) in [6.45, 7) is 4.29. The summed E-state index contributed by atoms with van der Waals surface area (Å²) in [4.78, 5) is 26.1. The van der Waals surface area contributed by atoms with Crippen LogP contribution < -0.4 is 21.4 Å². The van der Waals surface area contributed by atoms with Crippen molar-refractivity contribution in [2.24, 2.45) is 5.41 Å². The number of fused-ring (bicyclic) bond motifs is 1. The van der Waals surface area contributed by atoms with Crippen molar-refractivity contribution in [2.45, 2.75) is 32.2 Å². The molecule has 7 nitrogen and oxygen atoms in total. The Morgan fingerprint density at radius 3 is 2.79 bits per heavy atom. The third-order valence-corrected chi connectivity index (χ3v) is 5.93. The molecule has 1 unspecified atom stereocenters. The molecule has 1 atom stereocenters. The number of nitrogens with two attached hydrogens (primary N) is 1. The number of halogens is 1. The summed E-state index contributed by atoms with van der Waals surface area (Å²) in [6, 6.07) is 1.25. The van der Waals surface area contributed by atoms with Gasteiger partial charge in [0.05, 0.1) is 22.3 Å². The Bertz CT molecular complexity index is 1030. The quantitative estimate of drug-likeness (QED) is 0.679. The molecule has 2 heterocycles. The van der Waals surface area contributed by atoms with E-state index in [2.05, 4.69) is 12.2 Å². The first kappa shape index (κ1) is 18.7. The standard InChI is InChI=1S/C20H25FN4O3/c1-20(9-23-2)5-6-24(10-20)17-14(21)7-12-16(15(17)22)25(11-3-4-11)8-13(18(12)26)19(27)28/h7-8,11,23H,3-6,9-10,22H2,1-2H3,(H,27,28). The first-order valence-electron chi connectivity index (χ1n) is 9.55. The Labute approximate surface area is 161 Å². The molecule has 0 radical (unpaired) electrons. The Morgan fingerprint density at radius 2 is 2.18 bits per heavy atom. The monoisotopic (exact) mass is 388 g/mol. The van der Waals surface area contributed by atoms with Crippen LogP contribution in [-0.4, -0.2) is 42.3 Å². The van der Waals surface area contributed by atoms with Gasteiger partial charge < -0.3 is 25.6 Å². The molecule has 4 rings (SSSR count). The van der Waals surface area contributed by atoms with Crippen LogP contribution >= 0.6 is 0 Å². The highest BCUT2D eigenvalue weighted by atomic mass is 19.1. The minimum absolute atomic E-state index is 0.00586. The number of nitrogens with zero attached hydrogens (tertiary/aromatic N) is 2. The molecule has 1 saturated heterocycles. The minimum atomic E-state index is -1.31. The molecule has 2 aliphatic rings. The van der Waals surface area contributed by atoms with Gasteiger partial charge in [0.15, 0.2) is 0 Å². The smallest absolute Gasteiger partial charge is 0.341 e. The van der Waals surface area contributed by atoms with Crippen LogP contribution in [-0.2, 0) is 0 Å². The largest absolute Gasteiger partial charge is 0.477 e. The Hall–Kier alpha value is -2.61. The number of anilines is 2. The Balaban J connectivity index is 1.91. The molecule has 28 heavy (non-hydrogen) atoms. The summed E-state index contributed by atoms with van der Waals surface area (Å²) in [7, 11) is 1.90. The van der Waals surface area contributed by atoms with Gasteiger partial charge in [0, 0.05) is 31.9 Å². The van der Waals surface area contributed by atoms with E-state index in [4.69, 9.17) is 5.73 Å². The van der Waals surface area contributed by atoms with Crippen LogP contribution in [0.2, 0.25) is 0 Å². The molecule has 0 amide bonds. The van der Waals surface area contributed by atoms with Gasteiger partial charge in [-0.3, -0.25) is 4.79 Å². The van der Waals surface area contributed by atoms with Gasteiger partial charge >= 0.3 is 5.97 Å². The van der Waals surface area contributed by atoms with Gasteiger partial charge in [0.25, 0.3) is 0 Å². The molecular formula is C20H25FN4O3. The highest BCUT2D eigenvalue weighted by Crippen LogP contribution is 2.43. The van der Waals surface area contributed by atoms with E-state index in [1.807, 2.05) is 11.9 Å². The topological polar surface area (TPSA) is 101 Å². The maximum absolute atomic E-state index is 15.1. The van der Waals surface area contributed by atoms with E-state index < -0.39 is 17.2 Å². The van der Waals surface area contributed by atoms with E-state index in [9.17, 15) is 14.7 Å². The second kappa shape index (κ2) is 6.48. The van der Waals surface area contributed by atoms with Crippen molar-refractivity contribution in [2.75, 3.05) is 37.3 Å². The molecule has 1 saturated carbocycles. The zero-order valence-corrected chi connectivity index (χ0v) is 16.1. The zero-order chi connectivity index (χ0) is 20.2. The van der Waals surface area contributed by atoms with Crippen LogP contribution in [0, 0.1) is 11.2 Å². The van der Waals surface area contributed by atoms with Crippen molar-refractivity contribution in [3.8, 4) is 0 Å². The average molecular weight is 388 g/mol. The second-order valence-electron chi connectivity index (χ2n) is 8.34. The molecule has 0 spiro atoms. The van der Waals surface area contributed by atoms with Crippen LogP contribution in [0.4, 0.5) is 15.8 Å². The highest BCUT2D eigenvalue weighted by molar-refractivity contribution is 6.00. The van der Waals surface area contributed by atoms with Gasteiger partial charge in [-0.15, -0.1) is 0 Å². The van der Waals surface area contributed by atoms with Crippen LogP contribution in [0.5, 0.6) is 0 Å². The lowest BCUT2D eigenvalue weighted by molar-refractivity contribution is 0.0695. The summed E-state index contributed by atoms with van der Waals surface area (Å²) in [6.07, 6.45) is 4.02. The van der Waals surface area contributed by atoms with E-state index in [0.29, 0.717) is 24.3 Å². The number of hydrogen-bond donors (Lipinski definition) is 3. The van der Waals surface area contributed by atoms with E-state index in [0.717, 1.165) is 31.9 Å². The first-order valence-corrected chi connectivity index (χ1v) is 9.55. The maximum atomic E-state index is 15.1. The number of carboxylic acid groups (broad SMARTS) is 1. The second-order valence-corrected chi connectivity index (χ2v) is 8.34. The molecule has 1 aliphatic heterocycles. The Kier molecular flexibility index (Phi) is 4.33. The van der Waals surface area contributed by atoms with E-state index in [1.54, 1.807) is 4.57 Å². The van der Waals surface area contributed by atoms with Gasteiger partial charge in [-0.2, -0.15) is 0 Å². The summed E-state index contributed by atoms with van der Waals surface area (Å²) >= 11 is 0. The third kappa shape index (κ3) is 2.92. The van der Waals surface area contributed by atoms with Crippen molar-refractivity contribution < 1.29 is 14.3 Å². The number of carboxylic acids is 1. The van der Waals surface area contributed by atoms with Gasteiger partial charge in [-0.05, 0) is 37.8 Å². The summed E-state index contributed by atoms with van der Waals surface area (Å²) in [5.41, 5.74) is 6.34. The molecule has 4 N–H and O–H groups in total. The molecular weight excluding hydrogens is 363 g/mol. The number of aromatic carboxylic acids is 1. The maximum Gasteiger partial charge on any atom is 0.341 e. The van der Waals surface area contributed by atoms with E-state index in [1.165, 1.54) is 6.20 Å². The normalized spacial score (nSPS) is 22.2. The molecule has 2 fully saturated rings. The fourth-order valence-corrected chi connectivity index (χ4v) is 4.41. The lowest BCUT2D eigenvalue weighted by Gasteiger charge is -2.27. The van der Waals surface area contributed by atoms with Crippen molar-refractivity contribution in [3.05, 3.63) is 33.9 Å². The van der Waals surface area contributed by atoms with Gasteiger partial charge in [0.1, 0.15) is 11.4 Å². The van der Waals surface area contributed by atoms with Crippen molar-refractivity contribution in [1.82, 2.24) is 9.88 Å². The number of pyridine rings is 1. The number of rotatable bonds is 5. The first-order chi connectivity index (χ1) is 13.3. The zero-order valence-electron chi connectivity index (χ0n) is 16.1. The summed E-state index contributed by atoms with van der Waals surface area (Å²) < 4.78 is 16.8. The number of nitrogen functional groups attached to an aromatic ring is 1. The van der Waals surface area contributed by atoms with Crippen molar-refractivity contribution >= 4 is 28.2 Å². The van der Waals surface area contributed by atoms with Gasteiger partial charge in [0.2, 0.25) is 5.43 Å². The third-order valence-electron chi connectivity index (χ3n) is 5.93. The predicted molar refractivity (Wildman–Crippen MR) is 107 cm³/mol. The van der Waals surface area contributed by atoms with Crippen LogP contribution in [0.25, 0.3) is 10.9 Å². The predicted octanol–water partition coefficient (Wildman–Crippen LogP) is 2.19. The molecule has 150 valence electrons. The molecule has 1 aliphatic carbocycles. The molecule has 1 aromatic carbocycles. The van der Waals surface area contributed by atoms with E-state index >= 15 is 4.39 Å². The molecule has 1 aromatic heterocycles. The minimum Gasteiger partial charge on any atom is -0.477 e. The Morgan fingerprint density at radius 1 is 1.46 bits per heavy atom.